The summed E-state index contributed by atoms with van der Waals surface area (Å²) in [6, 6.07) is 4.76. The normalized spacial score (nSPS) is 11.4. The highest BCUT2D eigenvalue weighted by molar-refractivity contribution is 7.89. The van der Waals surface area contributed by atoms with Crippen molar-refractivity contribution in [1.82, 2.24) is 4.98 Å². The lowest BCUT2D eigenvalue weighted by atomic mass is 10.2. The predicted octanol–water partition coefficient (Wildman–Crippen LogP) is 1.71. The minimum atomic E-state index is -3.67. The molecule has 2 rings (SSSR count). The number of hydrogen-bond acceptors (Lipinski definition) is 5. The fourth-order valence-corrected chi connectivity index (χ4v) is 2.58. The first kappa shape index (κ1) is 13.0. The summed E-state index contributed by atoms with van der Waals surface area (Å²) >= 11 is 1.52. The molecule has 0 atom stereocenters. The molecule has 96 valence electrons. The first-order valence-corrected chi connectivity index (χ1v) is 7.70. The third-order valence-corrected chi connectivity index (χ3v) is 4.03. The molecule has 5 nitrogen and oxygen atoms in total. The van der Waals surface area contributed by atoms with Gasteiger partial charge in [0, 0.05) is 11.1 Å². The highest BCUT2D eigenvalue weighted by Gasteiger charge is 2.09. The van der Waals surface area contributed by atoms with Crippen LogP contribution in [0.5, 0.6) is 0 Å². The predicted molar refractivity (Wildman–Crippen MR) is 72.0 cm³/mol. The Morgan fingerprint density at radius 1 is 1.44 bits per heavy atom. The van der Waals surface area contributed by atoms with Gasteiger partial charge in [0.05, 0.1) is 22.6 Å². The standard InChI is InChI=1S/C11H13N3O2S2/c1-8-2-3-10(18(12,15)16)4-11(8)13-5-9-6-17-7-14-9/h2-4,6-7,13H,5H2,1H3,(H2,12,15,16). The van der Waals surface area contributed by atoms with Crippen LogP contribution >= 0.6 is 11.3 Å². The largest absolute Gasteiger partial charge is 0.379 e. The van der Waals surface area contributed by atoms with Crippen LogP contribution < -0.4 is 10.5 Å². The molecule has 0 radical (unpaired) electrons. The van der Waals surface area contributed by atoms with Gasteiger partial charge in [-0.1, -0.05) is 6.07 Å². The lowest BCUT2D eigenvalue weighted by Crippen LogP contribution is -2.13. The van der Waals surface area contributed by atoms with Crippen molar-refractivity contribution in [3.05, 3.63) is 40.3 Å². The molecule has 18 heavy (non-hydrogen) atoms. The molecule has 1 aromatic carbocycles. The summed E-state index contributed by atoms with van der Waals surface area (Å²) in [4.78, 5) is 4.25. The lowest BCUT2D eigenvalue weighted by Gasteiger charge is -2.09. The Balaban J connectivity index is 2.22. The number of aromatic nitrogens is 1. The van der Waals surface area contributed by atoms with Gasteiger partial charge in [-0.05, 0) is 24.6 Å². The van der Waals surface area contributed by atoms with Gasteiger partial charge in [0.15, 0.2) is 0 Å². The first-order valence-electron chi connectivity index (χ1n) is 5.21. The molecule has 0 saturated heterocycles. The van der Waals surface area contributed by atoms with Gasteiger partial charge in [-0.15, -0.1) is 11.3 Å². The van der Waals surface area contributed by atoms with Crippen molar-refractivity contribution in [2.45, 2.75) is 18.4 Å². The Labute approximate surface area is 110 Å². The Bertz CT molecular complexity index is 636. The number of nitrogens with two attached hydrogens (primary N) is 1. The van der Waals surface area contributed by atoms with Crippen molar-refractivity contribution in [2.24, 2.45) is 5.14 Å². The highest BCUT2D eigenvalue weighted by Crippen LogP contribution is 2.20. The number of anilines is 1. The van der Waals surface area contributed by atoms with E-state index in [1.54, 1.807) is 11.6 Å². The van der Waals surface area contributed by atoms with Gasteiger partial charge in [0.2, 0.25) is 10.0 Å². The molecule has 3 N–H and O–H groups in total. The molecule has 2 aromatic rings. The summed E-state index contributed by atoms with van der Waals surface area (Å²) in [6.45, 7) is 2.45. The van der Waals surface area contributed by atoms with E-state index in [9.17, 15) is 8.42 Å². The van der Waals surface area contributed by atoms with Gasteiger partial charge < -0.3 is 5.32 Å². The van der Waals surface area contributed by atoms with Crippen molar-refractivity contribution in [3.8, 4) is 0 Å². The van der Waals surface area contributed by atoms with Gasteiger partial charge >= 0.3 is 0 Å². The van der Waals surface area contributed by atoms with Gasteiger partial charge in [0.25, 0.3) is 0 Å². The van der Waals surface area contributed by atoms with Gasteiger partial charge in [-0.2, -0.15) is 0 Å². The second kappa shape index (κ2) is 5.05. The fourth-order valence-electron chi connectivity index (χ4n) is 1.48. The molecule has 1 heterocycles. The summed E-state index contributed by atoms with van der Waals surface area (Å²) in [7, 11) is -3.67. The third-order valence-electron chi connectivity index (χ3n) is 2.48. The monoisotopic (exact) mass is 283 g/mol. The molecular weight excluding hydrogens is 270 g/mol. The molecule has 0 aliphatic carbocycles. The maximum absolute atomic E-state index is 11.3. The van der Waals surface area contributed by atoms with Gasteiger partial charge in [0.1, 0.15) is 0 Å². The Morgan fingerprint density at radius 3 is 2.83 bits per heavy atom. The summed E-state index contributed by atoms with van der Waals surface area (Å²) < 4.78 is 22.5. The number of aryl methyl sites for hydroxylation is 1. The van der Waals surface area contributed by atoms with Crippen LogP contribution in [-0.2, 0) is 16.6 Å². The minimum Gasteiger partial charge on any atom is -0.379 e. The maximum Gasteiger partial charge on any atom is 0.238 e. The van der Waals surface area contributed by atoms with E-state index in [1.807, 2.05) is 12.3 Å². The average molecular weight is 283 g/mol. The van der Waals surface area contributed by atoms with E-state index in [1.165, 1.54) is 23.5 Å². The van der Waals surface area contributed by atoms with Crippen LogP contribution in [0.3, 0.4) is 0 Å². The summed E-state index contributed by atoms with van der Waals surface area (Å²) in [5.74, 6) is 0. The van der Waals surface area contributed by atoms with E-state index in [2.05, 4.69) is 10.3 Å². The Kier molecular flexibility index (Phi) is 3.65. The average Bonchev–Trinajstić information content (AvgIpc) is 2.79. The zero-order chi connectivity index (χ0) is 13.2. The first-order chi connectivity index (χ1) is 8.47. The number of nitrogens with zero attached hydrogens (tertiary/aromatic N) is 1. The number of hydrogen-bond donors (Lipinski definition) is 2. The van der Waals surface area contributed by atoms with Crippen molar-refractivity contribution in [1.29, 1.82) is 0 Å². The van der Waals surface area contributed by atoms with Crippen molar-refractivity contribution in [3.63, 3.8) is 0 Å². The molecule has 1 aromatic heterocycles. The van der Waals surface area contributed by atoms with Crippen molar-refractivity contribution in [2.75, 3.05) is 5.32 Å². The molecular formula is C11H13N3O2S2. The van der Waals surface area contributed by atoms with Gasteiger partial charge in [-0.25, -0.2) is 18.5 Å². The number of sulfonamides is 1. The van der Waals surface area contributed by atoms with Crippen molar-refractivity contribution >= 4 is 27.0 Å². The van der Waals surface area contributed by atoms with E-state index >= 15 is 0 Å². The molecule has 0 aliphatic rings. The van der Waals surface area contributed by atoms with Crippen LogP contribution in [0.15, 0.2) is 34.0 Å². The topological polar surface area (TPSA) is 85.1 Å². The van der Waals surface area contributed by atoms with Crippen molar-refractivity contribution < 1.29 is 8.42 Å². The molecule has 0 spiro atoms. The maximum atomic E-state index is 11.3. The summed E-state index contributed by atoms with van der Waals surface area (Å²) in [5, 5.41) is 10.2. The number of primary sulfonamides is 1. The van der Waals surface area contributed by atoms with Crippen LogP contribution in [0.25, 0.3) is 0 Å². The zero-order valence-corrected chi connectivity index (χ0v) is 11.4. The Hall–Kier alpha value is -1.44. The SMILES string of the molecule is Cc1ccc(S(N)(=O)=O)cc1NCc1cscn1. The quantitative estimate of drug-likeness (QED) is 0.894. The van der Waals surface area contributed by atoms with E-state index in [4.69, 9.17) is 5.14 Å². The van der Waals surface area contributed by atoms with E-state index in [-0.39, 0.29) is 4.90 Å². The van der Waals surface area contributed by atoms with E-state index < -0.39 is 10.0 Å². The van der Waals surface area contributed by atoms with Gasteiger partial charge in [-0.3, -0.25) is 0 Å². The number of rotatable bonds is 4. The van der Waals surface area contributed by atoms with Crippen LogP contribution in [0, 0.1) is 6.92 Å². The molecule has 0 fully saturated rings. The minimum absolute atomic E-state index is 0.105. The Morgan fingerprint density at radius 2 is 2.22 bits per heavy atom. The number of thiazole rings is 1. The lowest BCUT2D eigenvalue weighted by molar-refractivity contribution is 0.598. The summed E-state index contributed by atoms with van der Waals surface area (Å²) in [5.41, 5.74) is 4.37. The van der Waals surface area contributed by atoms with Crippen LogP contribution in [0.1, 0.15) is 11.3 Å². The third kappa shape index (κ3) is 3.06. The fraction of sp³-hybridized carbons (Fsp3) is 0.182. The second-order valence-corrected chi connectivity index (χ2v) is 6.14. The van der Waals surface area contributed by atoms with E-state index in [0.29, 0.717) is 6.54 Å². The molecule has 7 heteroatoms. The highest BCUT2D eigenvalue weighted by atomic mass is 32.2. The molecule has 0 aliphatic heterocycles. The smallest absolute Gasteiger partial charge is 0.238 e. The molecule has 0 unspecified atom stereocenters. The number of benzene rings is 1. The van der Waals surface area contributed by atoms with Crippen LogP contribution in [0.2, 0.25) is 0 Å². The molecule has 0 amide bonds. The molecule has 0 saturated carbocycles. The number of nitrogens with one attached hydrogen (secondary N) is 1. The summed E-state index contributed by atoms with van der Waals surface area (Å²) in [6.07, 6.45) is 0. The molecule has 0 bridgehead atoms. The zero-order valence-electron chi connectivity index (χ0n) is 9.75. The van der Waals surface area contributed by atoms with Crippen LogP contribution in [-0.4, -0.2) is 13.4 Å². The van der Waals surface area contributed by atoms with Crippen LogP contribution in [0.4, 0.5) is 5.69 Å². The second-order valence-electron chi connectivity index (χ2n) is 3.86. The van der Waals surface area contributed by atoms with E-state index in [0.717, 1.165) is 16.9 Å².